The van der Waals surface area contributed by atoms with Crippen LogP contribution in [0.1, 0.15) is 20.8 Å². The van der Waals surface area contributed by atoms with E-state index in [0.717, 1.165) is 22.9 Å². The standard InChI is InChI=1S/C16H26N2O3/c1-5-20-14-6-8-15(9-7-14)21-11-10-18(4)12-16(19)17-13(2)3/h6-9,13H,5,10-12H2,1-4H3,(H,17,19)/p+1. The maximum atomic E-state index is 11.6. The van der Waals surface area contributed by atoms with Gasteiger partial charge in [-0.2, -0.15) is 0 Å². The Labute approximate surface area is 127 Å². The Balaban J connectivity index is 2.24. The summed E-state index contributed by atoms with van der Waals surface area (Å²) >= 11 is 0. The Hall–Kier alpha value is -1.75. The van der Waals surface area contributed by atoms with Crippen molar-refractivity contribution < 1.29 is 19.2 Å². The Morgan fingerprint density at radius 3 is 2.29 bits per heavy atom. The van der Waals surface area contributed by atoms with Crippen LogP contribution in [-0.2, 0) is 4.79 Å². The van der Waals surface area contributed by atoms with E-state index in [1.807, 2.05) is 52.1 Å². The molecule has 0 radical (unpaired) electrons. The fourth-order valence-corrected chi connectivity index (χ4v) is 1.88. The number of likely N-dealkylation sites (N-methyl/N-ethyl adjacent to an activating group) is 1. The predicted octanol–water partition coefficient (Wildman–Crippen LogP) is 0.503. The minimum Gasteiger partial charge on any atom is -0.494 e. The van der Waals surface area contributed by atoms with Crippen LogP contribution in [0.4, 0.5) is 0 Å². The molecular formula is C16H27N2O3+. The minimum absolute atomic E-state index is 0.0727. The van der Waals surface area contributed by atoms with Crippen LogP contribution in [-0.4, -0.2) is 45.3 Å². The molecule has 2 N–H and O–H groups in total. The molecule has 0 saturated heterocycles. The topological polar surface area (TPSA) is 52.0 Å². The number of amides is 1. The lowest BCUT2D eigenvalue weighted by Crippen LogP contribution is -3.10. The van der Waals surface area contributed by atoms with Gasteiger partial charge in [0.05, 0.1) is 13.7 Å². The molecule has 0 heterocycles. The van der Waals surface area contributed by atoms with Crippen molar-refractivity contribution in [3.8, 4) is 11.5 Å². The highest BCUT2D eigenvalue weighted by atomic mass is 16.5. The molecule has 0 aliphatic rings. The number of nitrogens with one attached hydrogen (secondary N) is 2. The number of hydrogen-bond donors (Lipinski definition) is 2. The Morgan fingerprint density at radius 2 is 1.76 bits per heavy atom. The van der Waals surface area contributed by atoms with Gasteiger partial charge in [-0.3, -0.25) is 4.79 Å². The summed E-state index contributed by atoms with van der Waals surface area (Å²) in [6, 6.07) is 7.76. The Morgan fingerprint density at radius 1 is 1.19 bits per heavy atom. The van der Waals surface area contributed by atoms with Gasteiger partial charge in [0, 0.05) is 6.04 Å². The van der Waals surface area contributed by atoms with Crippen LogP contribution >= 0.6 is 0 Å². The van der Waals surface area contributed by atoms with Gasteiger partial charge in [0.25, 0.3) is 5.91 Å². The van der Waals surface area contributed by atoms with E-state index in [1.165, 1.54) is 0 Å². The summed E-state index contributed by atoms with van der Waals surface area (Å²) in [5.74, 6) is 1.74. The SMILES string of the molecule is CCOc1ccc(OCC[NH+](C)CC(=O)NC(C)C)cc1. The van der Waals surface area contributed by atoms with Crippen molar-refractivity contribution in [2.24, 2.45) is 0 Å². The second kappa shape index (κ2) is 9.23. The quantitative estimate of drug-likeness (QED) is 0.698. The molecule has 1 rings (SSSR count). The van der Waals surface area contributed by atoms with Crippen LogP contribution in [0.25, 0.3) is 0 Å². The lowest BCUT2D eigenvalue weighted by atomic mass is 10.3. The van der Waals surface area contributed by atoms with E-state index in [-0.39, 0.29) is 11.9 Å². The van der Waals surface area contributed by atoms with Gasteiger partial charge < -0.3 is 19.7 Å². The van der Waals surface area contributed by atoms with E-state index >= 15 is 0 Å². The van der Waals surface area contributed by atoms with Crippen LogP contribution in [0.15, 0.2) is 24.3 Å². The van der Waals surface area contributed by atoms with Crippen molar-refractivity contribution in [2.75, 3.05) is 33.4 Å². The van der Waals surface area contributed by atoms with E-state index in [0.29, 0.717) is 19.8 Å². The second-order valence-corrected chi connectivity index (χ2v) is 5.36. The third-order valence-electron chi connectivity index (χ3n) is 2.84. The molecule has 0 fully saturated rings. The molecular weight excluding hydrogens is 268 g/mol. The lowest BCUT2D eigenvalue weighted by Gasteiger charge is -2.15. The van der Waals surface area contributed by atoms with Gasteiger partial charge in [0.2, 0.25) is 0 Å². The maximum absolute atomic E-state index is 11.6. The number of hydrogen-bond acceptors (Lipinski definition) is 3. The minimum atomic E-state index is 0.0727. The average molecular weight is 295 g/mol. The van der Waals surface area contributed by atoms with Gasteiger partial charge >= 0.3 is 0 Å². The van der Waals surface area contributed by atoms with Gasteiger partial charge in [-0.15, -0.1) is 0 Å². The molecule has 0 bridgehead atoms. The van der Waals surface area contributed by atoms with Crippen LogP contribution in [0.2, 0.25) is 0 Å². The van der Waals surface area contributed by atoms with E-state index in [4.69, 9.17) is 9.47 Å². The number of rotatable bonds is 9. The summed E-state index contributed by atoms with van der Waals surface area (Å²) in [4.78, 5) is 12.7. The smallest absolute Gasteiger partial charge is 0.275 e. The third-order valence-corrected chi connectivity index (χ3v) is 2.84. The summed E-state index contributed by atoms with van der Waals surface area (Å²) in [6.07, 6.45) is 0. The summed E-state index contributed by atoms with van der Waals surface area (Å²) in [6.45, 7) is 8.36. The van der Waals surface area contributed by atoms with Crippen LogP contribution < -0.4 is 19.7 Å². The number of carbonyl (C=O) groups excluding carboxylic acids is 1. The van der Waals surface area contributed by atoms with E-state index in [2.05, 4.69) is 5.32 Å². The largest absolute Gasteiger partial charge is 0.494 e. The van der Waals surface area contributed by atoms with Crippen molar-refractivity contribution in [2.45, 2.75) is 26.8 Å². The molecule has 21 heavy (non-hydrogen) atoms. The third kappa shape index (κ3) is 7.56. The highest BCUT2D eigenvalue weighted by Gasteiger charge is 2.10. The summed E-state index contributed by atoms with van der Waals surface area (Å²) in [5, 5.41) is 2.89. The van der Waals surface area contributed by atoms with Crippen molar-refractivity contribution in [1.82, 2.24) is 5.32 Å². The Bertz CT molecular complexity index is 418. The van der Waals surface area contributed by atoms with Crippen molar-refractivity contribution >= 4 is 5.91 Å². The predicted molar refractivity (Wildman–Crippen MR) is 83.0 cm³/mol. The monoisotopic (exact) mass is 295 g/mol. The van der Waals surface area contributed by atoms with Gasteiger partial charge in [0.15, 0.2) is 6.54 Å². The molecule has 1 atom stereocenters. The number of ether oxygens (including phenoxy) is 2. The van der Waals surface area contributed by atoms with Gasteiger partial charge in [-0.05, 0) is 45.0 Å². The van der Waals surface area contributed by atoms with E-state index in [9.17, 15) is 4.79 Å². The van der Waals surface area contributed by atoms with Crippen molar-refractivity contribution in [3.63, 3.8) is 0 Å². The normalized spacial score (nSPS) is 12.0. The molecule has 1 unspecified atom stereocenters. The zero-order valence-electron chi connectivity index (χ0n) is 13.4. The number of quaternary nitrogens is 1. The van der Waals surface area contributed by atoms with Crippen LogP contribution in [0.3, 0.4) is 0 Å². The first kappa shape index (κ1) is 17.3. The zero-order valence-corrected chi connectivity index (χ0v) is 13.4. The fraction of sp³-hybridized carbons (Fsp3) is 0.562. The fourth-order valence-electron chi connectivity index (χ4n) is 1.88. The maximum Gasteiger partial charge on any atom is 0.275 e. The lowest BCUT2D eigenvalue weighted by molar-refractivity contribution is -0.871. The van der Waals surface area contributed by atoms with E-state index < -0.39 is 0 Å². The number of carbonyl (C=O) groups is 1. The summed E-state index contributed by atoms with van der Waals surface area (Å²) < 4.78 is 11.0. The van der Waals surface area contributed by atoms with Gasteiger partial charge in [0.1, 0.15) is 24.7 Å². The highest BCUT2D eigenvalue weighted by molar-refractivity contribution is 5.77. The first-order chi connectivity index (χ1) is 10.0. The summed E-state index contributed by atoms with van der Waals surface area (Å²) in [7, 11) is 1.99. The molecule has 1 aromatic rings. The molecule has 118 valence electrons. The molecule has 0 aliphatic carbocycles. The molecule has 0 spiro atoms. The van der Waals surface area contributed by atoms with Crippen molar-refractivity contribution in [3.05, 3.63) is 24.3 Å². The first-order valence-electron chi connectivity index (χ1n) is 7.47. The number of benzene rings is 1. The van der Waals surface area contributed by atoms with E-state index in [1.54, 1.807) is 0 Å². The molecule has 1 amide bonds. The van der Waals surface area contributed by atoms with Crippen LogP contribution in [0, 0.1) is 0 Å². The first-order valence-corrected chi connectivity index (χ1v) is 7.47. The molecule has 1 aromatic carbocycles. The Kier molecular flexibility index (Phi) is 7.61. The van der Waals surface area contributed by atoms with Crippen LogP contribution in [0.5, 0.6) is 11.5 Å². The zero-order chi connectivity index (χ0) is 15.7. The van der Waals surface area contributed by atoms with Crippen molar-refractivity contribution in [1.29, 1.82) is 0 Å². The second-order valence-electron chi connectivity index (χ2n) is 5.36. The molecule has 5 heteroatoms. The van der Waals surface area contributed by atoms with Gasteiger partial charge in [-0.1, -0.05) is 0 Å². The summed E-state index contributed by atoms with van der Waals surface area (Å²) in [5.41, 5.74) is 0. The molecule has 5 nitrogen and oxygen atoms in total. The molecule has 0 saturated carbocycles. The molecule has 0 aromatic heterocycles. The highest BCUT2D eigenvalue weighted by Crippen LogP contribution is 2.17. The average Bonchev–Trinajstić information content (AvgIpc) is 2.40. The van der Waals surface area contributed by atoms with Gasteiger partial charge in [-0.25, -0.2) is 0 Å². The molecule has 0 aliphatic heterocycles.